The summed E-state index contributed by atoms with van der Waals surface area (Å²) in [5, 5.41) is 4.96. The Balaban J connectivity index is 1.43. The monoisotopic (exact) mass is 279 g/mol. The predicted octanol–water partition coefficient (Wildman–Crippen LogP) is 1.35. The lowest BCUT2D eigenvalue weighted by atomic mass is 10.1. The van der Waals surface area contributed by atoms with Crippen molar-refractivity contribution in [1.29, 1.82) is 0 Å². The minimum atomic E-state index is -0.513. The summed E-state index contributed by atoms with van der Waals surface area (Å²) in [7, 11) is 0. The van der Waals surface area contributed by atoms with E-state index in [2.05, 4.69) is 10.2 Å². The molecular weight excluding hydrogens is 258 g/mol. The second-order valence-corrected chi connectivity index (χ2v) is 6.60. The van der Waals surface area contributed by atoms with Crippen molar-refractivity contribution in [3.63, 3.8) is 0 Å². The third-order valence-electron chi connectivity index (χ3n) is 4.08. The molecular formula is C14H21N3OS. The predicted molar refractivity (Wildman–Crippen MR) is 77.0 cm³/mol. The number of hydrogen-bond donors (Lipinski definition) is 2. The molecule has 0 spiro atoms. The smallest absolute Gasteiger partial charge is 0.242 e. The van der Waals surface area contributed by atoms with E-state index in [0.717, 1.165) is 24.0 Å². The molecule has 104 valence electrons. The van der Waals surface area contributed by atoms with Crippen LogP contribution in [-0.2, 0) is 4.79 Å². The van der Waals surface area contributed by atoms with Gasteiger partial charge in [-0.2, -0.15) is 0 Å². The first-order chi connectivity index (χ1) is 9.24. The lowest BCUT2D eigenvalue weighted by molar-refractivity contribution is -0.122. The molecule has 1 amide bonds. The number of carbonyl (C=O) groups is 1. The van der Waals surface area contributed by atoms with E-state index in [1.54, 1.807) is 0 Å². The number of amides is 1. The molecule has 3 rings (SSSR count). The van der Waals surface area contributed by atoms with Crippen molar-refractivity contribution in [1.82, 2.24) is 10.2 Å². The molecule has 5 heteroatoms. The lowest BCUT2D eigenvalue weighted by Gasteiger charge is -2.16. The molecule has 1 aromatic rings. The van der Waals surface area contributed by atoms with E-state index in [-0.39, 0.29) is 5.91 Å². The van der Waals surface area contributed by atoms with Crippen LogP contribution in [-0.4, -0.2) is 36.5 Å². The normalized spacial score (nSPS) is 25.4. The molecule has 2 unspecified atom stereocenters. The molecule has 1 aromatic heterocycles. The highest BCUT2D eigenvalue weighted by atomic mass is 32.1. The Hall–Kier alpha value is -0.910. The highest BCUT2D eigenvalue weighted by Crippen LogP contribution is 2.31. The summed E-state index contributed by atoms with van der Waals surface area (Å²) in [5.41, 5.74) is 5.94. The molecule has 1 aliphatic heterocycles. The molecule has 1 saturated heterocycles. The quantitative estimate of drug-likeness (QED) is 0.855. The van der Waals surface area contributed by atoms with Crippen molar-refractivity contribution in [2.75, 3.05) is 19.6 Å². The van der Waals surface area contributed by atoms with Gasteiger partial charge in [0.15, 0.2) is 0 Å². The molecule has 2 atom stereocenters. The zero-order valence-corrected chi connectivity index (χ0v) is 11.9. The van der Waals surface area contributed by atoms with Gasteiger partial charge in [-0.1, -0.05) is 6.07 Å². The fraction of sp³-hybridized carbons (Fsp3) is 0.643. The van der Waals surface area contributed by atoms with E-state index in [9.17, 15) is 4.79 Å². The Morgan fingerprint density at radius 3 is 3.05 bits per heavy atom. The number of carbonyl (C=O) groups excluding carboxylic acids is 1. The highest BCUT2D eigenvalue weighted by molar-refractivity contribution is 7.10. The fourth-order valence-corrected chi connectivity index (χ4v) is 3.48. The van der Waals surface area contributed by atoms with Gasteiger partial charge in [-0.05, 0) is 43.2 Å². The second kappa shape index (κ2) is 5.61. The van der Waals surface area contributed by atoms with Crippen molar-refractivity contribution in [2.45, 2.75) is 31.3 Å². The Morgan fingerprint density at radius 1 is 1.53 bits per heavy atom. The first kappa shape index (κ1) is 13.1. The average molecular weight is 279 g/mol. The molecule has 2 fully saturated rings. The van der Waals surface area contributed by atoms with Crippen LogP contribution in [0.2, 0.25) is 0 Å². The number of nitrogens with one attached hydrogen (secondary N) is 1. The number of nitrogens with two attached hydrogens (primary N) is 1. The van der Waals surface area contributed by atoms with Crippen molar-refractivity contribution in [3.05, 3.63) is 22.4 Å². The maximum absolute atomic E-state index is 12.0. The Bertz CT molecular complexity index is 430. The number of hydrogen-bond acceptors (Lipinski definition) is 4. The van der Waals surface area contributed by atoms with E-state index < -0.39 is 6.04 Å². The van der Waals surface area contributed by atoms with Gasteiger partial charge in [0.05, 0.1) is 0 Å². The SMILES string of the molecule is NC(C(=O)NCC1CCN(C2CC2)C1)c1cccs1. The van der Waals surface area contributed by atoms with Crippen LogP contribution in [0.4, 0.5) is 0 Å². The Labute approximate surface area is 118 Å². The molecule has 4 nitrogen and oxygen atoms in total. The van der Waals surface area contributed by atoms with Crippen LogP contribution in [0.5, 0.6) is 0 Å². The van der Waals surface area contributed by atoms with Crippen LogP contribution in [0.15, 0.2) is 17.5 Å². The van der Waals surface area contributed by atoms with Crippen molar-refractivity contribution in [2.24, 2.45) is 11.7 Å². The van der Waals surface area contributed by atoms with Gasteiger partial charge in [0.2, 0.25) is 5.91 Å². The first-order valence-electron chi connectivity index (χ1n) is 7.05. The summed E-state index contributed by atoms with van der Waals surface area (Å²) < 4.78 is 0. The first-order valence-corrected chi connectivity index (χ1v) is 7.93. The zero-order valence-electron chi connectivity index (χ0n) is 11.0. The maximum Gasteiger partial charge on any atom is 0.242 e. The van der Waals surface area contributed by atoms with E-state index in [4.69, 9.17) is 5.73 Å². The van der Waals surface area contributed by atoms with E-state index in [0.29, 0.717) is 5.92 Å². The van der Waals surface area contributed by atoms with Gasteiger partial charge in [-0.25, -0.2) is 0 Å². The Kier molecular flexibility index (Phi) is 3.86. The molecule has 2 heterocycles. The summed E-state index contributed by atoms with van der Waals surface area (Å²) in [6.45, 7) is 3.10. The second-order valence-electron chi connectivity index (χ2n) is 5.62. The van der Waals surface area contributed by atoms with Crippen molar-refractivity contribution in [3.8, 4) is 0 Å². The number of thiophene rings is 1. The molecule has 19 heavy (non-hydrogen) atoms. The Morgan fingerprint density at radius 2 is 2.37 bits per heavy atom. The summed E-state index contributed by atoms with van der Waals surface area (Å²) in [5.74, 6) is 0.549. The van der Waals surface area contributed by atoms with Gasteiger partial charge < -0.3 is 16.0 Å². The average Bonchev–Trinajstić information content (AvgIpc) is 2.96. The van der Waals surface area contributed by atoms with Gasteiger partial charge >= 0.3 is 0 Å². The molecule has 0 radical (unpaired) electrons. The van der Waals surface area contributed by atoms with Gasteiger partial charge in [0.25, 0.3) is 0 Å². The molecule has 1 saturated carbocycles. The van der Waals surface area contributed by atoms with Crippen LogP contribution in [0.3, 0.4) is 0 Å². The minimum absolute atomic E-state index is 0.0488. The summed E-state index contributed by atoms with van der Waals surface area (Å²) in [6.07, 6.45) is 3.93. The number of likely N-dealkylation sites (tertiary alicyclic amines) is 1. The minimum Gasteiger partial charge on any atom is -0.354 e. The number of rotatable bonds is 5. The summed E-state index contributed by atoms with van der Waals surface area (Å²) in [4.78, 5) is 15.5. The molecule has 1 aliphatic carbocycles. The largest absolute Gasteiger partial charge is 0.354 e. The lowest BCUT2D eigenvalue weighted by Crippen LogP contribution is -2.37. The van der Waals surface area contributed by atoms with Crippen LogP contribution in [0.25, 0.3) is 0 Å². The summed E-state index contributed by atoms with van der Waals surface area (Å²) >= 11 is 1.54. The van der Waals surface area contributed by atoms with Gasteiger partial charge in [0.1, 0.15) is 6.04 Å². The van der Waals surface area contributed by atoms with Crippen LogP contribution < -0.4 is 11.1 Å². The summed E-state index contributed by atoms with van der Waals surface area (Å²) in [6, 6.07) is 4.17. The highest BCUT2D eigenvalue weighted by Gasteiger charge is 2.34. The van der Waals surface area contributed by atoms with Crippen LogP contribution in [0.1, 0.15) is 30.2 Å². The van der Waals surface area contributed by atoms with E-state index in [1.807, 2.05) is 17.5 Å². The van der Waals surface area contributed by atoms with E-state index >= 15 is 0 Å². The van der Waals surface area contributed by atoms with E-state index in [1.165, 1.54) is 37.1 Å². The molecule has 2 aliphatic rings. The van der Waals surface area contributed by atoms with Gasteiger partial charge in [0, 0.05) is 24.0 Å². The molecule has 3 N–H and O–H groups in total. The van der Waals surface area contributed by atoms with Gasteiger partial charge in [-0.3, -0.25) is 4.79 Å². The third-order valence-corrected chi connectivity index (χ3v) is 5.03. The molecule has 0 aromatic carbocycles. The maximum atomic E-state index is 12.0. The van der Waals surface area contributed by atoms with Crippen molar-refractivity contribution < 1.29 is 4.79 Å². The zero-order chi connectivity index (χ0) is 13.2. The third kappa shape index (κ3) is 3.16. The standard InChI is InChI=1S/C14H21N3OS/c15-13(12-2-1-7-19-12)14(18)16-8-10-5-6-17(9-10)11-3-4-11/h1-2,7,10-11,13H,3-6,8-9,15H2,(H,16,18). The van der Waals surface area contributed by atoms with Crippen molar-refractivity contribution >= 4 is 17.2 Å². The number of nitrogens with zero attached hydrogens (tertiary/aromatic N) is 1. The fourth-order valence-electron chi connectivity index (χ4n) is 2.75. The topological polar surface area (TPSA) is 58.4 Å². The van der Waals surface area contributed by atoms with Crippen LogP contribution in [0, 0.1) is 5.92 Å². The van der Waals surface area contributed by atoms with Gasteiger partial charge in [-0.15, -0.1) is 11.3 Å². The molecule has 0 bridgehead atoms. The van der Waals surface area contributed by atoms with Crippen LogP contribution >= 0.6 is 11.3 Å².